The van der Waals surface area contributed by atoms with E-state index in [0.29, 0.717) is 5.92 Å². The summed E-state index contributed by atoms with van der Waals surface area (Å²) in [4.78, 5) is 3.59. The van der Waals surface area contributed by atoms with Gasteiger partial charge in [-0.25, -0.2) is 4.68 Å². The van der Waals surface area contributed by atoms with Gasteiger partial charge in [0.05, 0.1) is 6.67 Å². The largest absolute Gasteiger partial charge is 0.304 e. The molecule has 0 spiro atoms. The molecule has 0 aromatic carbocycles. The van der Waals surface area contributed by atoms with Crippen molar-refractivity contribution in [1.82, 2.24) is 19.2 Å². The van der Waals surface area contributed by atoms with E-state index in [0.717, 1.165) is 29.0 Å². The Bertz CT molecular complexity index is 683. The van der Waals surface area contributed by atoms with E-state index >= 15 is 0 Å². The molecule has 0 radical (unpaired) electrons. The molecule has 0 saturated heterocycles. The summed E-state index contributed by atoms with van der Waals surface area (Å²) < 4.78 is 6.15. The summed E-state index contributed by atoms with van der Waals surface area (Å²) in [5.74, 6) is 1.81. The number of aromatic nitrogens is 3. The minimum absolute atomic E-state index is 0.631. The predicted octanol–water partition coefficient (Wildman–Crippen LogP) is 4.22. The Morgan fingerprint density at radius 3 is 2.86 bits per heavy atom. The monoisotopic (exact) mass is 386 g/mol. The molecule has 2 aromatic heterocycles. The molecule has 0 amide bonds. The maximum absolute atomic E-state index is 5.58. The van der Waals surface area contributed by atoms with E-state index in [-0.39, 0.29) is 0 Å². The number of nitrogens with zero attached hydrogens (tertiary/aromatic N) is 4. The molecule has 3 rings (SSSR count). The van der Waals surface area contributed by atoms with Crippen LogP contribution in [0, 0.1) is 4.77 Å². The van der Waals surface area contributed by atoms with Crippen molar-refractivity contribution in [3.63, 3.8) is 0 Å². The van der Waals surface area contributed by atoms with E-state index in [4.69, 9.17) is 17.3 Å². The van der Waals surface area contributed by atoms with Crippen molar-refractivity contribution < 1.29 is 0 Å². The molecule has 0 bridgehead atoms. The molecule has 1 aliphatic carbocycles. The van der Waals surface area contributed by atoms with Crippen LogP contribution in [0.3, 0.4) is 0 Å². The number of thiophene rings is 1. The first-order valence-electron chi connectivity index (χ1n) is 7.17. The Morgan fingerprint density at radius 2 is 2.29 bits per heavy atom. The van der Waals surface area contributed by atoms with Crippen LogP contribution in [0.15, 0.2) is 15.9 Å². The first kappa shape index (κ1) is 15.4. The first-order chi connectivity index (χ1) is 10.1. The third-order valence-electron chi connectivity index (χ3n) is 3.63. The van der Waals surface area contributed by atoms with Crippen molar-refractivity contribution >= 4 is 39.5 Å². The highest BCUT2D eigenvalue weighted by Crippen LogP contribution is 2.39. The number of rotatable bonds is 6. The lowest BCUT2D eigenvalue weighted by Gasteiger charge is -2.15. The molecular weight excluding hydrogens is 368 g/mol. The second-order valence-electron chi connectivity index (χ2n) is 5.55. The quantitative estimate of drug-likeness (QED) is 0.694. The highest BCUT2D eigenvalue weighted by atomic mass is 79.9. The Kier molecular flexibility index (Phi) is 4.63. The molecule has 0 aliphatic heterocycles. The molecular formula is C14H19BrN4S2. The van der Waals surface area contributed by atoms with E-state index in [1.54, 1.807) is 11.3 Å². The smallest absolute Gasteiger partial charge is 0.199 e. The zero-order valence-corrected chi connectivity index (χ0v) is 15.5. The standard InChI is InChI=1S/C14H19BrN4S2/c1-3-18-13(10-4-5-10)16-19(14(18)20)9-17(2)7-12-6-11(15)8-21-12/h6,8,10H,3-5,7,9H2,1-2H3. The van der Waals surface area contributed by atoms with E-state index in [1.165, 1.54) is 23.5 Å². The number of hydrogen-bond donors (Lipinski definition) is 0. The molecule has 2 aromatic rings. The van der Waals surface area contributed by atoms with Crippen LogP contribution in [0.4, 0.5) is 0 Å². The molecule has 0 N–H and O–H groups in total. The van der Waals surface area contributed by atoms with Crippen molar-refractivity contribution in [3.05, 3.63) is 31.4 Å². The predicted molar refractivity (Wildman–Crippen MR) is 92.2 cm³/mol. The zero-order valence-electron chi connectivity index (χ0n) is 12.3. The fraction of sp³-hybridized carbons (Fsp3) is 0.571. The molecule has 114 valence electrons. The Balaban J connectivity index is 1.73. The lowest BCUT2D eigenvalue weighted by molar-refractivity contribution is 0.245. The molecule has 1 saturated carbocycles. The fourth-order valence-electron chi connectivity index (χ4n) is 2.47. The third kappa shape index (κ3) is 3.47. The lowest BCUT2D eigenvalue weighted by atomic mass is 10.4. The second kappa shape index (κ2) is 6.32. The molecule has 1 aliphatic rings. The van der Waals surface area contributed by atoms with Crippen LogP contribution >= 0.6 is 39.5 Å². The van der Waals surface area contributed by atoms with Gasteiger partial charge >= 0.3 is 0 Å². The molecule has 4 nitrogen and oxygen atoms in total. The number of halogens is 1. The van der Waals surface area contributed by atoms with Crippen LogP contribution in [-0.4, -0.2) is 26.3 Å². The minimum atomic E-state index is 0.631. The normalized spacial score (nSPS) is 15.0. The van der Waals surface area contributed by atoms with Gasteiger partial charge in [-0.3, -0.25) is 4.90 Å². The van der Waals surface area contributed by atoms with Crippen molar-refractivity contribution in [2.75, 3.05) is 7.05 Å². The van der Waals surface area contributed by atoms with E-state index in [2.05, 4.69) is 50.8 Å². The van der Waals surface area contributed by atoms with Crippen LogP contribution in [0.5, 0.6) is 0 Å². The summed E-state index contributed by atoms with van der Waals surface area (Å²) in [5, 5.41) is 6.87. The van der Waals surface area contributed by atoms with Gasteiger partial charge in [0.15, 0.2) is 4.77 Å². The highest BCUT2D eigenvalue weighted by molar-refractivity contribution is 9.10. The SMILES string of the molecule is CCn1c(C2CC2)nn(CN(C)Cc2cc(Br)cs2)c1=S. The Labute approximate surface area is 142 Å². The van der Waals surface area contributed by atoms with Crippen LogP contribution in [0.25, 0.3) is 0 Å². The molecule has 21 heavy (non-hydrogen) atoms. The maximum atomic E-state index is 5.58. The molecule has 7 heteroatoms. The average Bonchev–Trinajstić information content (AvgIpc) is 3.14. The Hall–Kier alpha value is -0.500. The molecule has 0 atom stereocenters. The van der Waals surface area contributed by atoms with Crippen molar-refractivity contribution in [2.45, 2.75) is 45.4 Å². The maximum Gasteiger partial charge on any atom is 0.199 e. The topological polar surface area (TPSA) is 26.0 Å². The van der Waals surface area contributed by atoms with Crippen LogP contribution < -0.4 is 0 Å². The van der Waals surface area contributed by atoms with Crippen LogP contribution in [-0.2, 0) is 19.8 Å². The highest BCUT2D eigenvalue weighted by Gasteiger charge is 2.29. The summed E-state index contributed by atoms with van der Waals surface area (Å²) in [6, 6.07) is 2.17. The van der Waals surface area contributed by atoms with E-state index in [1.807, 2.05) is 4.68 Å². The second-order valence-corrected chi connectivity index (χ2v) is 7.82. The van der Waals surface area contributed by atoms with Gasteiger partial charge in [0, 0.05) is 33.7 Å². The van der Waals surface area contributed by atoms with Gasteiger partial charge in [-0.05, 0) is 61.0 Å². The Morgan fingerprint density at radius 1 is 1.52 bits per heavy atom. The minimum Gasteiger partial charge on any atom is -0.304 e. The van der Waals surface area contributed by atoms with Gasteiger partial charge in [-0.1, -0.05) is 0 Å². The van der Waals surface area contributed by atoms with E-state index < -0.39 is 0 Å². The van der Waals surface area contributed by atoms with Gasteiger partial charge in [-0.2, -0.15) is 5.10 Å². The van der Waals surface area contributed by atoms with Gasteiger partial charge in [0.1, 0.15) is 5.82 Å². The lowest BCUT2D eigenvalue weighted by Crippen LogP contribution is -2.22. The summed E-state index contributed by atoms with van der Waals surface area (Å²) >= 11 is 10.8. The summed E-state index contributed by atoms with van der Waals surface area (Å²) in [6.45, 7) is 4.70. The van der Waals surface area contributed by atoms with E-state index in [9.17, 15) is 0 Å². The fourth-order valence-corrected chi connectivity index (χ4v) is 4.32. The summed E-state index contributed by atoms with van der Waals surface area (Å²) in [6.07, 6.45) is 2.51. The van der Waals surface area contributed by atoms with Crippen molar-refractivity contribution in [2.24, 2.45) is 0 Å². The summed E-state index contributed by atoms with van der Waals surface area (Å²) in [7, 11) is 2.11. The van der Waals surface area contributed by atoms with Gasteiger partial charge < -0.3 is 4.57 Å². The van der Waals surface area contributed by atoms with Crippen LogP contribution in [0.1, 0.15) is 36.4 Å². The van der Waals surface area contributed by atoms with Gasteiger partial charge in [0.2, 0.25) is 0 Å². The average molecular weight is 387 g/mol. The van der Waals surface area contributed by atoms with Crippen molar-refractivity contribution in [3.8, 4) is 0 Å². The number of hydrogen-bond acceptors (Lipinski definition) is 4. The molecule has 0 unspecified atom stereocenters. The molecule has 1 fully saturated rings. The zero-order chi connectivity index (χ0) is 15.0. The van der Waals surface area contributed by atoms with Crippen molar-refractivity contribution in [1.29, 1.82) is 0 Å². The molecule has 2 heterocycles. The van der Waals surface area contributed by atoms with Gasteiger partial charge in [-0.15, -0.1) is 11.3 Å². The van der Waals surface area contributed by atoms with Gasteiger partial charge in [0.25, 0.3) is 0 Å². The summed E-state index contributed by atoms with van der Waals surface area (Å²) in [5.41, 5.74) is 0. The first-order valence-corrected chi connectivity index (χ1v) is 9.25. The third-order valence-corrected chi connectivity index (χ3v) is 5.75. The van der Waals surface area contributed by atoms with Crippen LogP contribution in [0.2, 0.25) is 0 Å².